The van der Waals surface area contributed by atoms with Crippen LogP contribution in [0, 0.1) is 5.92 Å². The molecule has 124 valence electrons. The Labute approximate surface area is 137 Å². The first kappa shape index (κ1) is 16.1. The number of aliphatic hydroxyl groups is 1. The van der Waals surface area contributed by atoms with E-state index in [0.717, 1.165) is 19.3 Å². The molecule has 3 rings (SSSR count). The van der Waals surface area contributed by atoms with E-state index in [1.807, 2.05) is 0 Å². The molecule has 2 heterocycles. The molecule has 0 saturated heterocycles. The number of anilines is 1. The van der Waals surface area contributed by atoms with Gasteiger partial charge in [0.1, 0.15) is 5.15 Å². The van der Waals surface area contributed by atoms with Gasteiger partial charge >= 0.3 is 6.55 Å². The summed E-state index contributed by atoms with van der Waals surface area (Å²) in [5, 5.41) is 16.8. The summed E-state index contributed by atoms with van der Waals surface area (Å²) in [6, 6.07) is 3.40. The Morgan fingerprint density at radius 3 is 2.91 bits per heavy atom. The molecule has 1 aliphatic carbocycles. The summed E-state index contributed by atoms with van der Waals surface area (Å²) in [4.78, 5) is 4.02. The van der Waals surface area contributed by atoms with E-state index in [2.05, 4.69) is 15.4 Å². The lowest BCUT2D eigenvalue weighted by Crippen LogP contribution is -2.17. The third-order valence-corrected chi connectivity index (χ3v) is 4.32. The summed E-state index contributed by atoms with van der Waals surface area (Å²) in [7, 11) is 0. The molecule has 0 radical (unpaired) electrons. The number of aromatic nitrogens is 3. The zero-order valence-electron chi connectivity index (χ0n) is 12.3. The Kier molecular flexibility index (Phi) is 4.77. The van der Waals surface area contributed by atoms with E-state index in [1.54, 1.807) is 6.07 Å². The van der Waals surface area contributed by atoms with Crippen molar-refractivity contribution in [2.75, 3.05) is 11.9 Å². The van der Waals surface area contributed by atoms with Crippen LogP contribution in [-0.2, 0) is 0 Å². The monoisotopic (exact) mass is 342 g/mol. The van der Waals surface area contributed by atoms with E-state index in [0.29, 0.717) is 32.7 Å². The van der Waals surface area contributed by atoms with E-state index in [-0.39, 0.29) is 12.6 Å². The van der Waals surface area contributed by atoms with Gasteiger partial charge in [0.05, 0.1) is 5.69 Å². The van der Waals surface area contributed by atoms with Crippen molar-refractivity contribution in [1.29, 1.82) is 0 Å². The van der Waals surface area contributed by atoms with E-state index in [4.69, 9.17) is 11.6 Å². The molecular weight excluding hydrogens is 326 g/mol. The highest BCUT2D eigenvalue weighted by Gasteiger charge is 2.25. The molecule has 1 saturated carbocycles. The van der Waals surface area contributed by atoms with Crippen LogP contribution in [0.25, 0.3) is 11.3 Å². The maximum absolute atomic E-state index is 12.7. The average molecular weight is 343 g/mol. The number of aliphatic hydroxyl groups excluding tert-OH is 1. The molecule has 2 aromatic heterocycles. The van der Waals surface area contributed by atoms with Gasteiger partial charge in [-0.1, -0.05) is 11.6 Å². The van der Waals surface area contributed by atoms with Crippen molar-refractivity contribution in [2.45, 2.75) is 31.9 Å². The molecule has 2 N–H and O–H groups in total. The Morgan fingerprint density at radius 1 is 1.43 bits per heavy atom. The lowest BCUT2D eigenvalue weighted by molar-refractivity contribution is 0.0568. The quantitative estimate of drug-likeness (QED) is 0.815. The highest BCUT2D eigenvalue weighted by molar-refractivity contribution is 6.29. The van der Waals surface area contributed by atoms with Gasteiger partial charge in [-0.3, -0.25) is 0 Å². The Hall–Kier alpha value is -1.73. The van der Waals surface area contributed by atoms with Crippen molar-refractivity contribution in [1.82, 2.24) is 14.8 Å². The Morgan fingerprint density at radius 2 is 2.26 bits per heavy atom. The lowest BCUT2D eigenvalue weighted by Gasteiger charge is -2.17. The van der Waals surface area contributed by atoms with Crippen LogP contribution >= 0.6 is 11.6 Å². The van der Waals surface area contributed by atoms with E-state index in [9.17, 15) is 13.9 Å². The molecule has 1 aliphatic rings. The molecule has 0 bridgehead atoms. The van der Waals surface area contributed by atoms with Crippen LogP contribution in [0.1, 0.15) is 25.8 Å². The van der Waals surface area contributed by atoms with Crippen molar-refractivity contribution in [2.24, 2.45) is 5.92 Å². The van der Waals surface area contributed by atoms with Crippen molar-refractivity contribution >= 4 is 17.3 Å². The number of nitrogens with one attached hydrogen (secondary N) is 1. The molecule has 1 fully saturated rings. The molecule has 23 heavy (non-hydrogen) atoms. The van der Waals surface area contributed by atoms with Crippen LogP contribution in [0.2, 0.25) is 5.15 Å². The molecule has 8 heteroatoms. The normalized spacial score (nSPS) is 21.1. The van der Waals surface area contributed by atoms with E-state index < -0.39 is 6.55 Å². The molecule has 0 spiro atoms. The number of hydrogen-bond acceptors (Lipinski definition) is 4. The Balaban J connectivity index is 1.85. The third-order valence-electron chi connectivity index (χ3n) is 4.11. The standard InChI is InChI=1S/C15H17ClF2N4O/c16-14-6-13(20-10-2-1-9(5-10)8-23)11(7-19-14)12-3-4-22(21-12)15(17)18/h3-4,6-7,9-10,15,23H,1-2,5,8H2,(H,19,20)/t9-,10+/m1/s1. The van der Waals surface area contributed by atoms with Gasteiger partial charge in [0, 0.05) is 36.3 Å². The van der Waals surface area contributed by atoms with Crippen molar-refractivity contribution < 1.29 is 13.9 Å². The van der Waals surface area contributed by atoms with Gasteiger partial charge in [-0.05, 0) is 37.3 Å². The molecule has 2 aromatic rings. The van der Waals surface area contributed by atoms with Gasteiger partial charge in [-0.25, -0.2) is 9.67 Å². The number of pyridine rings is 1. The predicted molar refractivity (Wildman–Crippen MR) is 83.6 cm³/mol. The first-order valence-electron chi connectivity index (χ1n) is 7.43. The summed E-state index contributed by atoms with van der Waals surface area (Å²) in [5.41, 5.74) is 1.75. The minimum absolute atomic E-state index is 0.181. The largest absolute Gasteiger partial charge is 0.396 e. The SMILES string of the molecule is OC[C@@H]1CC[C@H](Nc2cc(Cl)ncc2-c2ccn(C(F)F)n2)C1. The van der Waals surface area contributed by atoms with Crippen molar-refractivity contribution in [3.05, 3.63) is 29.7 Å². The van der Waals surface area contributed by atoms with Gasteiger partial charge in [-0.15, -0.1) is 0 Å². The minimum atomic E-state index is -2.68. The molecule has 0 aromatic carbocycles. The lowest BCUT2D eigenvalue weighted by atomic mass is 10.1. The Bertz CT molecular complexity index is 679. The van der Waals surface area contributed by atoms with Crippen molar-refractivity contribution in [3.8, 4) is 11.3 Å². The predicted octanol–water partition coefficient (Wildman–Crippen LogP) is 3.57. The summed E-state index contributed by atoms with van der Waals surface area (Å²) in [5.74, 6) is 0.298. The molecular formula is C15H17ClF2N4O. The highest BCUT2D eigenvalue weighted by atomic mass is 35.5. The summed E-state index contributed by atoms with van der Waals surface area (Å²) < 4.78 is 26.0. The number of alkyl halides is 2. The molecule has 0 unspecified atom stereocenters. The van der Waals surface area contributed by atoms with Crippen LogP contribution in [0.5, 0.6) is 0 Å². The van der Waals surface area contributed by atoms with E-state index in [1.165, 1.54) is 18.5 Å². The van der Waals surface area contributed by atoms with Gasteiger partial charge < -0.3 is 10.4 Å². The van der Waals surface area contributed by atoms with Gasteiger partial charge in [0.25, 0.3) is 0 Å². The maximum Gasteiger partial charge on any atom is 0.333 e. The second kappa shape index (κ2) is 6.80. The van der Waals surface area contributed by atoms with Gasteiger partial charge in [-0.2, -0.15) is 13.9 Å². The molecule has 5 nitrogen and oxygen atoms in total. The molecule has 2 atom stereocenters. The van der Waals surface area contributed by atoms with Crippen LogP contribution in [0.4, 0.5) is 14.5 Å². The summed E-state index contributed by atoms with van der Waals surface area (Å²) >= 11 is 5.96. The van der Waals surface area contributed by atoms with Crippen LogP contribution in [0.3, 0.4) is 0 Å². The zero-order chi connectivity index (χ0) is 16.4. The highest BCUT2D eigenvalue weighted by Crippen LogP contribution is 2.33. The van der Waals surface area contributed by atoms with E-state index >= 15 is 0 Å². The first-order chi connectivity index (χ1) is 11.1. The second-order valence-electron chi connectivity index (χ2n) is 5.71. The number of nitrogens with zero attached hydrogens (tertiary/aromatic N) is 3. The molecule has 0 amide bonds. The minimum Gasteiger partial charge on any atom is -0.396 e. The fraction of sp³-hybridized carbons (Fsp3) is 0.467. The van der Waals surface area contributed by atoms with Crippen molar-refractivity contribution in [3.63, 3.8) is 0 Å². The molecule has 0 aliphatic heterocycles. The average Bonchev–Trinajstić information content (AvgIpc) is 3.16. The van der Waals surface area contributed by atoms with Gasteiger partial charge in [0.15, 0.2) is 0 Å². The number of rotatable bonds is 5. The summed E-state index contributed by atoms with van der Waals surface area (Å²) in [6.45, 7) is -2.50. The smallest absolute Gasteiger partial charge is 0.333 e. The fourth-order valence-electron chi connectivity index (χ4n) is 2.94. The second-order valence-corrected chi connectivity index (χ2v) is 6.10. The number of halogens is 3. The van der Waals surface area contributed by atoms with Crippen LogP contribution in [-0.4, -0.2) is 32.5 Å². The first-order valence-corrected chi connectivity index (χ1v) is 7.81. The van der Waals surface area contributed by atoms with Crippen LogP contribution < -0.4 is 5.32 Å². The zero-order valence-corrected chi connectivity index (χ0v) is 13.0. The topological polar surface area (TPSA) is 63.0 Å². The third kappa shape index (κ3) is 3.61. The van der Waals surface area contributed by atoms with Gasteiger partial charge in [0.2, 0.25) is 0 Å². The maximum atomic E-state index is 12.7. The number of hydrogen-bond donors (Lipinski definition) is 2. The summed E-state index contributed by atoms with van der Waals surface area (Å²) in [6.07, 6.45) is 5.52. The van der Waals surface area contributed by atoms with Crippen LogP contribution in [0.15, 0.2) is 24.5 Å². The fourth-order valence-corrected chi connectivity index (χ4v) is 3.09.